The van der Waals surface area contributed by atoms with Crippen LogP contribution in [0.4, 0.5) is 11.4 Å². The van der Waals surface area contributed by atoms with Gasteiger partial charge in [0.2, 0.25) is 0 Å². The number of aliphatic hydroxyl groups excluding tert-OH is 1. The zero-order valence-corrected chi connectivity index (χ0v) is 25.4. The molecule has 1 aliphatic rings. The number of hydrogen-bond acceptors (Lipinski definition) is 7. The van der Waals surface area contributed by atoms with Gasteiger partial charge in [-0.1, -0.05) is 51.1 Å². The van der Waals surface area contributed by atoms with Crippen molar-refractivity contribution in [1.82, 2.24) is 10.6 Å². The molecule has 0 bridgehead atoms. The van der Waals surface area contributed by atoms with Crippen molar-refractivity contribution in [2.45, 2.75) is 72.1 Å². The monoisotopic (exact) mass is 582 g/mol. The lowest BCUT2D eigenvalue weighted by atomic mass is 9.88. The normalized spacial score (nSPS) is 18.3. The third-order valence-electron chi connectivity index (χ3n) is 7.24. The number of hydrogen-bond donors (Lipinski definition) is 6. The lowest BCUT2D eigenvalue weighted by Crippen LogP contribution is -2.51. The first-order valence-electron chi connectivity index (χ1n) is 13.6. The molecule has 8 nitrogen and oxygen atoms in total. The molecule has 1 fully saturated rings. The van der Waals surface area contributed by atoms with Crippen molar-refractivity contribution in [3.63, 3.8) is 0 Å². The van der Waals surface area contributed by atoms with Crippen LogP contribution in [0.15, 0.2) is 48.5 Å². The molecule has 2 aromatic carbocycles. The highest BCUT2D eigenvalue weighted by molar-refractivity contribution is 8.25. The number of carbonyl (C=O) groups is 1. The molecule has 10 heteroatoms. The second kappa shape index (κ2) is 14.6. The lowest BCUT2D eigenvalue weighted by molar-refractivity contribution is 0.0813. The fourth-order valence-electron chi connectivity index (χ4n) is 4.45. The van der Waals surface area contributed by atoms with Crippen molar-refractivity contribution in [1.29, 1.82) is 0 Å². The van der Waals surface area contributed by atoms with Crippen LogP contribution in [0.25, 0.3) is 0 Å². The van der Waals surface area contributed by atoms with Gasteiger partial charge in [-0.25, -0.2) is 0 Å². The fraction of sp³-hybridized carbons (Fsp3) is 0.552. The summed E-state index contributed by atoms with van der Waals surface area (Å²) in [7, 11) is -2.93. The van der Waals surface area contributed by atoms with E-state index in [0.717, 1.165) is 24.1 Å². The topological polar surface area (TPSA) is 117 Å². The van der Waals surface area contributed by atoms with Gasteiger partial charge in [0.25, 0.3) is 5.91 Å². The Morgan fingerprint density at radius 3 is 2.41 bits per heavy atom. The van der Waals surface area contributed by atoms with E-state index in [-0.39, 0.29) is 29.8 Å². The minimum absolute atomic E-state index is 0. The second-order valence-corrected chi connectivity index (χ2v) is 13.4. The van der Waals surface area contributed by atoms with E-state index >= 15 is 0 Å². The fourth-order valence-corrected chi connectivity index (χ4v) is 6.12. The van der Waals surface area contributed by atoms with Crippen LogP contribution < -0.4 is 20.3 Å². The van der Waals surface area contributed by atoms with Crippen LogP contribution in [0.5, 0.6) is 0 Å². The Labute approximate surface area is 241 Å². The van der Waals surface area contributed by atoms with Gasteiger partial charge in [0, 0.05) is 36.9 Å². The molecule has 2 aromatic rings. The summed E-state index contributed by atoms with van der Waals surface area (Å²) >= 11 is 0. The van der Waals surface area contributed by atoms with Crippen molar-refractivity contribution in [3.05, 3.63) is 59.7 Å². The predicted molar refractivity (Wildman–Crippen MR) is 166 cm³/mol. The number of anilines is 2. The Balaban J connectivity index is 0.00000533. The summed E-state index contributed by atoms with van der Waals surface area (Å²) in [5, 5.41) is 20.9. The van der Waals surface area contributed by atoms with Crippen LogP contribution >= 0.6 is 23.2 Å². The first-order chi connectivity index (χ1) is 17.9. The number of nitrogens with one attached hydrogen (secondary N) is 3. The number of aliphatic hydroxyl groups is 1. The first-order valence-corrected chi connectivity index (χ1v) is 15.3. The third-order valence-corrected chi connectivity index (χ3v) is 9.18. The van der Waals surface area contributed by atoms with E-state index in [1.165, 1.54) is 0 Å². The average Bonchev–Trinajstić information content (AvgIpc) is 2.86. The molecule has 39 heavy (non-hydrogen) atoms. The molecule has 0 unspecified atom stereocenters. The molecule has 6 N–H and O–H groups in total. The predicted octanol–water partition coefficient (Wildman–Crippen LogP) is 5.53. The molecular weight excluding hydrogens is 536 g/mol. The molecule has 3 atom stereocenters. The quantitative estimate of drug-likeness (QED) is 0.206. The maximum absolute atomic E-state index is 13.6. The smallest absolute Gasteiger partial charge is 0.251 e. The highest BCUT2D eigenvalue weighted by atomic mass is 35.5. The van der Waals surface area contributed by atoms with Crippen molar-refractivity contribution in [2.24, 2.45) is 5.41 Å². The molecule has 220 valence electrons. The van der Waals surface area contributed by atoms with Crippen LogP contribution in [0.1, 0.15) is 63.4 Å². The van der Waals surface area contributed by atoms with E-state index in [2.05, 4.69) is 43.6 Å². The zero-order chi connectivity index (χ0) is 27.9. The summed E-state index contributed by atoms with van der Waals surface area (Å²) in [6.45, 7) is 12.0. The van der Waals surface area contributed by atoms with Gasteiger partial charge in [0.05, 0.1) is 23.6 Å². The molecular formula is C29H47ClN4O4S. The Bertz CT molecular complexity index is 1050. The van der Waals surface area contributed by atoms with Crippen LogP contribution in [-0.2, 0) is 6.42 Å². The molecule has 3 rings (SSSR count). The first kappa shape index (κ1) is 33.2. The largest absolute Gasteiger partial charge is 0.390 e. The van der Waals surface area contributed by atoms with Gasteiger partial charge < -0.3 is 21.1 Å². The SMILES string of the molecule is CCNc1cc(C(=O)N[C@@H](Cc2ccccc2)[C@H](O)CN[C@H](C)C(C)(C)C)cc(N2CCCCS2(O)O)c1.Cl. The molecule has 1 heterocycles. The highest BCUT2D eigenvalue weighted by Gasteiger charge is 2.29. The van der Waals surface area contributed by atoms with Gasteiger partial charge in [0.1, 0.15) is 0 Å². The highest BCUT2D eigenvalue weighted by Crippen LogP contribution is 2.50. The number of halogens is 1. The summed E-state index contributed by atoms with van der Waals surface area (Å²) < 4.78 is 23.0. The summed E-state index contributed by atoms with van der Waals surface area (Å²) in [5.74, 6) is 0.00835. The second-order valence-electron chi connectivity index (χ2n) is 11.3. The standard InChI is InChI=1S/C29H46N4O4S.ClH/c1-6-30-24-17-23(18-25(19-24)33-14-10-11-15-38(33,36)37)28(35)32-26(16-22-12-8-7-9-13-22)27(34)20-31-21(2)29(3,4)5;/h7-9,12-13,17-19,21,26-27,30-31,34,36-37H,6,10-11,14-16,20H2,1-5H3,(H,32,35);1H/t21-,26+,27-;/m1./s1. The zero-order valence-electron chi connectivity index (χ0n) is 23.8. The van der Waals surface area contributed by atoms with Gasteiger partial charge in [0.15, 0.2) is 0 Å². The minimum Gasteiger partial charge on any atom is -0.390 e. The number of benzene rings is 2. The molecule has 1 aliphatic heterocycles. The number of amides is 1. The van der Waals surface area contributed by atoms with E-state index in [1.54, 1.807) is 16.4 Å². The van der Waals surface area contributed by atoms with Crippen molar-refractivity contribution >= 4 is 40.5 Å². The van der Waals surface area contributed by atoms with Crippen LogP contribution in [-0.4, -0.2) is 63.7 Å². The Kier molecular flexibility index (Phi) is 12.4. The van der Waals surface area contributed by atoms with Crippen LogP contribution in [0, 0.1) is 5.41 Å². The van der Waals surface area contributed by atoms with E-state index in [0.29, 0.717) is 43.1 Å². The van der Waals surface area contributed by atoms with Gasteiger partial charge in [-0.2, -0.15) is 0 Å². The Morgan fingerprint density at radius 2 is 1.79 bits per heavy atom. The average molecular weight is 583 g/mol. The molecule has 0 aliphatic carbocycles. The van der Waals surface area contributed by atoms with Gasteiger partial charge >= 0.3 is 0 Å². The van der Waals surface area contributed by atoms with Gasteiger partial charge in [-0.05, 0) is 62.3 Å². The number of rotatable bonds is 11. The molecule has 0 spiro atoms. The number of nitrogens with zero attached hydrogens (tertiary/aromatic N) is 1. The van der Waals surface area contributed by atoms with E-state index in [4.69, 9.17) is 0 Å². The summed E-state index contributed by atoms with van der Waals surface area (Å²) in [4.78, 5) is 13.6. The van der Waals surface area contributed by atoms with Gasteiger partial charge in [-0.3, -0.25) is 18.2 Å². The van der Waals surface area contributed by atoms with E-state index in [9.17, 15) is 19.0 Å². The Morgan fingerprint density at radius 1 is 1.10 bits per heavy atom. The summed E-state index contributed by atoms with van der Waals surface area (Å²) in [6, 6.07) is 14.8. The minimum atomic E-state index is -2.93. The molecule has 0 saturated carbocycles. The van der Waals surface area contributed by atoms with Crippen molar-refractivity contribution in [3.8, 4) is 0 Å². The van der Waals surface area contributed by atoms with Crippen molar-refractivity contribution < 1.29 is 19.0 Å². The van der Waals surface area contributed by atoms with Gasteiger partial charge in [-0.15, -0.1) is 23.2 Å². The summed E-state index contributed by atoms with van der Waals surface area (Å²) in [6.07, 6.45) is 1.29. The number of carbonyl (C=O) groups excluding carboxylic acids is 1. The van der Waals surface area contributed by atoms with E-state index < -0.39 is 22.9 Å². The maximum Gasteiger partial charge on any atom is 0.251 e. The molecule has 0 aromatic heterocycles. The lowest BCUT2D eigenvalue weighted by Gasteiger charge is -2.47. The van der Waals surface area contributed by atoms with E-state index in [1.807, 2.05) is 43.3 Å². The molecule has 1 amide bonds. The third kappa shape index (κ3) is 9.55. The molecule has 0 radical (unpaired) electrons. The Hall–Kier alpha value is -2.01. The van der Waals surface area contributed by atoms with Crippen molar-refractivity contribution in [2.75, 3.05) is 35.0 Å². The van der Waals surface area contributed by atoms with Crippen LogP contribution in [0.2, 0.25) is 0 Å². The summed E-state index contributed by atoms with van der Waals surface area (Å²) in [5.41, 5.74) is 2.79. The molecule has 1 saturated heterocycles. The maximum atomic E-state index is 13.6. The van der Waals surface area contributed by atoms with Crippen LogP contribution in [0.3, 0.4) is 0 Å².